The summed E-state index contributed by atoms with van der Waals surface area (Å²) >= 11 is 0. The number of benzene rings is 2. The molecule has 15 heavy (non-hydrogen) atoms. The molecule has 0 aliphatic carbocycles. The summed E-state index contributed by atoms with van der Waals surface area (Å²) in [6.07, 6.45) is 2.17. The molecular formula is C14H13P. The molecule has 0 aromatic heterocycles. The molecule has 1 unspecified atom stereocenters. The fraction of sp³-hybridized carbons (Fsp3) is 0. The van der Waals surface area contributed by atoms with Gasteiger partial charge >= 0.3 is 0 Å². The van der Waals surface area contributed by atoms with Gasteiger partial charge in [0.1, 0.15) is 0 Å². The van der Waals surface area contributed by atoms with Crippen molar-refractivity contribution in [1.82, 2.24) is 0 Å². The Kier molecular flexibility index (Phi) is 3.70. The van der Waals surface area contributed by atoms with Crippen LogP contribution >= 0.6 is 8.58 Å². The van der Waals surface area contributed by atoms with Crippen LogP contribution in [0.4, 0.5) is 0 Å². The molecule has 1 atom stereocenters. The van der Waals surface area contributed by atoms with Gasteiger partial charge in [-0.05, 0) is 10.9 Å². The Morgan fingerprint density at radius 2 is 1.33 bits per heavy atom. The van der Waals surface area contributed by atoms with Crippen molar-refractivity contribution in [3.8, 4) is 0 Å². The van der Waals surface area contributed by atoms with Gasteiger partial charge in [0.05, 0.1) is 0 Å². The largest absolute Gasteiger partial charge is 0.0669 e. The third kappa shape index (κ3) is 3.34. The van der Waals surface area contributed by atoms with Gasteiger partial charge in [0.2, 0.25) is 0 Å². The number of hydrogen-bond acceptors (Lipinski definition) is 0. The molecule has 0 heterocycles. The van der Waals surface area contributed by atoms with E-state index in [-0.39, 0.29) is 0 Å². The van der Waals surface area contributed by atoms with Crippen LogP contribution in [0.5, 0.6) is 0 Å². The Labute approximate surface area is 92.4 Å². The van der Waals surface area contributed by atoms with E-state index < -0.39 is 0 Å². The van der Waals surface area contributed by atoms with Crippen LogP contribution in [0.1, 0.15) is 5.56 Å². The van der Waals surface area contributed by atoms with Crippen molar-refractivity contribution in [3.05, 3.63) is 72.0 Å². The first kappa shape index (κ1) is 10.1. The van der Waals surface area contributed by atoms with Crippen LogP contribution in [-0.4, -0.2) is 0 Å². The molecule has 0 aliphatic rings. The molecular weight excluding hydrogens is 199 g/mol. The number of rotatable bonds is 3. The summed E-state index contributed by atoms with van der Waals surface area (Å²) in [7, 11) is 0.749. The Morgan fingerprint density at radius 1 is 0.733 bits per heavy atom. The predicted octanol–water partition coefficient (Wildman–Crippen LogP) is 3.66. The van der Waals surface area contributed by atoms with Crippen LogP contribution in [0.2, 0.25) is 0 Å². The molecule has 0 aliphatic heterocycles. The molecule has 0 fully saturated rings. The first-order valence-electron chi connectivity index (χ1n) is 4.98. The van der Waals surface area contributed by atoms with Crippen LogP contribution in [-0.2, 0) is 0 Å². The predicted molar refractivity (Wildman–Crippen MR) is 69.9 cm³/mol. The van der Waals surface area contributed by atoms with Crippen LogP contribution in [0.3, 0.4) is 0 Å². The van der Waals surface area contributed by atoms with E-state index in [0.29, 0.717) is 0 Å². The monoisotopic (exact) mass is 212 g/mol. The second-order valence-corrected chi connectivity index (χ2v) is 4.45. The summed E-state index contributed by atoms with van der Waals surface area (Å²) in [5.74, 6) is 2.23. The van der Waals surface area contributed by atoms with E-state index in [1.807, 2.05) is 6.07 Å². The van der Waals surface area contributed by atoms with Gasteiger partial charge in [-0.1, -0.05) is 81.1 Å². The SMILES string of the molecule is C(=C\c1ccccc1)/Pc1ccccc1. The summed E-state index contributed by atoms with van der Waals surface area (Å²) in [6.45, 7) is 0. The summed E-state index contributed by atoms with van der Waals surface area (Å²) in [6, 6.07) is 20.9. The zero-order chi connectivity index (χ0) is 10.3. The second-order valence-electron chi connectivity index (χ2n) is 3.25. The molecule has 74 valence electrons. The molecule has 0 saturated heterocycles. The second kappa shape index (κ2) is 5.48. The third-order valence-corrected chi connectivity index (χ3v) is 3.10. The minimum atomic E-state index is 0.749. The summed E-state index contributed by atoms with van der Waals surface area (Å²) in [5, 5.41) is 1.38. The van der Waals surface area contributed by atoms with Crippen LogP contribution < -0.4 is 5.30 Å². The highest BCUT2D eigenvalue weighted by molar-refractivity contribution is 7.50. The lowest BCUT2D eigenvalue weighted by molar-refractivity contribution is 1.67. The normalized spacial score (nSPS) is 11.5. The van der Waals surface area contributed by atoms with Crippen LogP contribution in [0.25, 0.3) is 6.08 Å². The van der Waals surface area contributed by atoms with Crippen molar-refractivity contribution in [2.45, 2.75) is 0 Å². The number of hydrogen-bond donors (Lipinski definition) is 0. The first-order chi connectivity index (χ1) is 7.45. The zero-order valence-electron chi connectivity index (χ0n) is 8.43. The molecule has 0 saturated carbocycles. The summed E-state index contributed by atoms with van der Waals surface area (Å²) < 4.78 is 0. The Hall–Kier alpha value is -1.39. The maximum atomic E-state index is 2.23. The van der Waals surface area contributed by atoms with Crippen LogP contribution in [0, 0.1) is 0 Å². The van der Waals surface area contributed by atoms with E-state index >= 15 is 0 Å². The van der Waals surface area contributed by atoms with Crippen molar-refractivity contribution < 1.29 is 0 Å². The summed E-state index contributed by atoms with van der Waals surface area (Å²) in [4.78, 5) is 0. The van der Waals surface area contributed by atoms with Crippen LogP contribution in [0.15, 0.2) is 66.5 Å². The molecule has 2 aromatic rings. The van der Waals surface area contributed by atoms with E-state index in [0.717, 1.165) is 8.58 Å². The lowest BCUT2D eigenvalue weighted by atomic mass is 10.2. The van der Waals surface area contributed by atoms with E-state index in [1.54, 1.807) is 0 Å². The molecule has 0 radical (unpaired) electrons. The smallest absolute Gasteiger partial charge is 0.0232 e. The van der Waals surface area contributed by atoms with E-state index in [2.05, 4.69) is 66.5 Å². The average molecular weight is 212 g/mol. The maximum absolute atomic E-state index is 2.23. The van der Waals surface area contributed by atoms with Gasteiger partial charge in [-0.15, -0.1) is 0 Å². The Balaban J connectivity index is 1.97. The molecule has 0 spiro atoms. The van der Waals surface area contributed by atoms with Crippen molar-refractivity contribution >= 4 is 20.0 Å². The maximum Gasteiger partial charge on any atom is -0.0232 e. The van der Waals surface area contributed by atoms with Gasteiger partial charge in [-0.3, -0.25) is 0 Å². The van der Waals surface area contributed by atoms with E-state index in [1.165, 1.54) is 10.9 Å². The lowest BCUT2D eigenvalue weighted by Gasteiger charge is -1.95. The highest BCUT2D eigenvalue weighted by atomic mass is 31.1. The Bertz CT molecular complexity index is 418. The quantitative estimate of drug-likeness (QED) is 0.681. The molecule has 2 aromatic carbocycles. The summed E-state index contributed by atoms with van der Waals surface area (Å²) in [5.41, 5.74) is 1.26. The lowest BCUT2D eigenvalue weighted by Crippen LogP contribution is -1.87. The van der Waals surface area contributed by atoms with Gasteiger partial charge < -0.3 is 0 Å². The average Bonchev–Trinajstić information content (AvgIpc) is 2.32. The highest BCUT2D eigenvalue weighted by Crippen LogP contribution is 2.14. The van der Waals surface area contributed by atoms with Crippen molar-refractivity contribution in [1.29, 1.82) is 0 Å². The highest BCUT2D eigenvalue weighted by Gasteiger charge is 1.86. The van der Waals surface area contributed by atoms with Gasteiger partial charge in [0.25, 0.3) is 0 Å². The third-order valence-electron chi connectivity index (χ3n) is 2.10. The topological polar surface area (TPSA) is 0 Å². The van der Waals surface area contributed by atoms with Gasteiger partial charge in [0, 0.05) is 0 Å². The molecule has 0 N–H and O–H groups in total. The van der Waals surface area contributed by atoms with Crippen molar-refractivity contribution in [3.63, 3.8) is 0 Å². The van der Waals surface area contributed by atoms with Gasteiger partial charge in [-0.2, -0.15) is 0 Å². The standard InChI is InChI=1S/C14H13P/c1-3-7-13(8-4-1)11-12-15-14-9-5-2-6-10-14/h1-12,15H/b12-11+. The molecule has 1 heteroatoms. The molecule has 2 rings (SSSR count). The fourth-order valence-electron chi connectivity index (χ4n) is 1.33. The van der Waals surface area contributed by atoms with Gasteiger partial charge in [-0.25, -0.2) is 0 Å². The molecule has 0 amide bonds. The minimum Gasteiger partial charge on any atom is -0.0669 e. The van der Waals surface area contributed by atoms with Crippen molar-refractivity contribution in [2.75, 3.05) is 0 Å². The minimum absolute atomic E-state index is 0.749. The molecule has 0 bridgehead atoms. The van der Waals surface area contributed by atoms with E-state index in [9.17, 15) is 0 Å². The van der Waals surface area contributed by atoms with Crippen molar-refractivity contribution in [2.24, 2.45) is 0 Å². The fourth-order valence-corrected chi connectivity index (χ4v) is 2.19. The first-order valence-corrected chi connectivity index (χ1v) is 6.06. The molecule has 0 nitrogen and oxygen atoms in total. The van der Waals surface area contributed by atoms with Gasteiger partial charge in [0.15, 0.2) is 0 Å². The van der Waals surface area contributed by atoms with E-state index in [4.69, 9.17) is 0 Å². The zero-order valence-corrected chi connectivity index (χ0v) is 9.43. The Morgan fingerprint density at radius 3 is 2.00 bits per heavy atom.